The third kappa shape index (κ3) is 3.79. The number of ether oxygens (including phenoxy) is 1. The van der Waals surface area contributed by atoms with Crippen LogP contribution in [0, 0.1) is 13.8 Å². The molecule has 1 aliphatic rings. The fraction of sp³-hybridized carbons (Fsp3) is 0.263. The molecule has 1 N–H and O–H groups in total. The first-order chi connectivity index (χ1) is 11.5. The van der Waals surface area contributed by atoms with Crippen molar-refractivity contribution in [1.29, 1.82) is 0 Å². The third-order valence-corrected chi connectivity index (χ3v) is 5.01. The molecule has 1 atom stereocenters. The molecule has 0 saturated carbocycles. The lowest BCUT2D eigenvalue weighted by atomic mass is 10.0. The van der Waals surface area contributed by atoms with Crippen LogP contribution in [0.15, 0.2) is 47.5 Å². The molecule has 24 heavy (non-hydrogen) atoms. The lowest BCUT2D eigenvalue weighted by Crippen LogP contribution is -2.16. The lowest BCUT2D eigenvalue weighted by molar-refractivity contribution is -0.140. The van der Waals surface area contributed by atoms with Gasteiger partial charge in [0.15, 0.2) is 5.17 Å². The molecule has 124 valence electrons. The van der Waals surface area contributed by atoms with Gasteiger partial charge in [0, 0.05) is 10.9 Å². The minimum absolute atomic E-state index is 0.00204. The van der Waals surface area contributed by atoms with Crippen LogP contribution in [0.4, 0.5) is 11.4 Å². The van der Waals surface area contributed by atoms with Crippen LogP contribution in [0.25, 0.3) is 0 Å². The molecule has 0 bridgehead atoms. The molecule has 2 aromatic carbocycles. The number of methoxy groups -OCH3 is 1. The first kappa shape index (κ1) is 16.6. The summed E-state index contributed by atoms with van der Waals surface area (Å²) in [7, 11) is 1.42. The van der Waals surface area contributed by atoms with Gasteiger partial charge in [0.25, 0.3) is 0 Å². The predicted octanol–water partition coefficient (Wildman–Crippen LogP) is 4.75. The van der Waals surface area contributed by atoms with E-state index in [4.69, 9.17) is 9.73 Å². The monoisotopic (exact) mass is 340 g/mol. The van der Waals surface area contributed by atoms with Crippen LogP contribution in [0.1, 0.15) is 28.4 Å². The van der Waals surface area contributed by atoms with E-state index < -0.39 is 0 Å². The first-order valence-corrected chi connectivity index (χ1v) is 8.69. The second kappa shape index (κ2) is 7.09. The Morgan fingerprint density at radius 2 is 1.88 bits per heavy atom. The fourth-order valence-electron chi connectivity index (χ4n) is 2.57. The van der Waals surface area contributed by atoms with Gasteiger partial charge in [-0.05, 0) is 37.6 Å². The number of aliphatic imine (C=N–C) groups is 1. The normalized spacial score (nSPS) is 16.1. The quantitative estimate of drug-likeness (QED) is 0.819. The largest absolute Gasteiger partial charge is 0.469 e. The highest BCUT2D eigenvalue weighted by molar-refractivity contribution is 8.14. The standard InChI is InChI=1S/C19H20N2O2S/c1-12-4-7-14(8-5-12)20-19-21-16-9-6-13(2)10-15(16)17(24-19)11-18(22)23-3/h4-10,17H,11H2,1-3H3,(H,20,21). The van der Waals surface area contributed by atoms with Crippen molar-refractivity contribution in [2.45, 2.75) is 25.5 Å². The smallest absolute Gasteiger partial charge is 0.306 e. The van der Waals surface area contributed by atoms with Crippen LogP contribution in [-0.2, 0) is 9.53 Å². The summed E-state index contributed by atoms with van der Waals surface area (Å²) in [6.45, 7) is 4.10. The molecule has 5 heteroatoms. The summed E-state index contributed by atoms with van der Waals surface area (Å²) in [4.78, 5) is 16.5. The zero-order chi connectivity index (χ0) is 17.1. The van der Waals surface area contributed by atoms with Gasteiger partial charge in [-0.25, -0.2) is 4.99 Å². The maximum atomic E-state index is 11.8. The summed E-state index contributed by atoms with van der Waals surface area (Å²) in [5.74, 6) is -0.212. The Balaban J connectivity index is 1.89. The van der Waals surface area contributed by atoms with Gasteiger partial charge in [-0.2, -0.15) is 0 Å². The van der Waals surface area contributed by atoms with Gasteiger partial charge in [0.05, 0.1) is 19.2 Å². The van der Waals surface area contributed by atoms with E-state index in [0.717, 1.165) is 27.7 Å². The molecule has 0 fully saturated rings. The number of aryl methyl sites for hydroxylation is 2. The molecular weight excluding hydrogens is 320 g/mol. The number of fused-ring (bicyclic) bond motifs is 1. The molecule has 2 aromatic rings. The highest BCUT2D eigenvalue weighted by Gasteiger charge is 2.26. The number of benzene rings is 2. The number of carbonyl (C=O) groups is 1. The molecule has 0 amide bonds. The fourth-order valence-corrected chi connectivity index (χ4v) is 3.70. The van der Waals surface area contributed by atoms with E-state index in [1.165, 1.54) is 12.7 Å². The number of nitrogens with one attached hydrogen (secondary N) is 1. The zero-order valence-electron chi connectivity index (χ0n) is 14.0. The van der Waals surface area contributed by atoms with Crippen LogP contribution in [0.5, 0.6) is 0 Å². The van der Waals surface area contributed by atoms with E-state index in [2.05, 4.69) is 30.4 Å². The Hall–Kier alpha value is -2.27. The topological polar surface area (TPSA) is 50.7 Å². The minimum Gasteiger partial charge on any atom is -0.469 e. The number of amidine groups is 1. The molecular formula is C19H20N2O2S. The molecule has 4 nitrogen and oxygen atoms in total. The number of thioether (sulfide) groups is 1. The van der Waals surface area contributed by atoms with Gasteiger partial charge in [-0.3, -0.25) is 4.79 Å². The van der Waals surface area contributed by atoms with Crippen molar-refractivity contribution in [1.82, 2.24) is 0 Å². The van der Waals surface area contributed by atoms with Crippen molar-refractivity contribution < 1.29 is 9.53 Å². The second-order valence-electron chi connectivity index (χ2n) is 5.86. The van der Waals surface area contributed by atoms with Gasteiger partial charge < -0.3 is 10.1 Å². The Bertz CT molecular complexity index is 784. The van der Waals surface area contributed by atoms with Crippen molar-refractivity contribution in [2.24, 2.45) is 4.99 Å². The molecule has 0 radical (unpaired) electrons. The Morgan fingerprint density at radius 1 is 1.17 bits per heavy atom. The minimum atomic E-state index is -0.212. The number of carbonyl (C=O) groups excluding carboxylic acids is 1. The highest BCUT2D eigenvalue weighted by Crippen LogP contribution is 2.43. The number of rotatable bonds is 3. The van der Waals surface area contributed by atoms with Crippen LogP contribution >= 0.6 is 11.8 Å². The Morgan fingerprint density at radius 3 is 2.58 bits per heavy atom. The Labute approximate surface area is 146 Å². The van der Waals surface area contributed by atoms with Crippen molar-refractivity contribution in [3.05, 3.63) is 59.2 Å². The number of nitrogens with zero attached hydrogens (tertiary/aromatic N) is 1. The van der Waals surface area contributed by atoms with Crippen LogP contribution in [-0.4, -0.2) is 18.2 Å². The van der Waals surface area contributed by atoms with Crippen LogP contribution in [0.2, 0.25) is 0 Å². The maximum Gasteiger partial charge on any atom is 0.306 e. The van der Waals surface area contributed by atoms with Gasteiger partial charge in [0.1, 0.15) is 0 Å². The number of hydrogen-bond acceptors (Lipinski definition) is 5. The zero-order valence-corrected chi connectivity index (χ0v) is 14.8. The van der Waals surface area contributed by atoms with Crippen molar-refractivity contribution in [3.8, 4) is 0 Å². The summed E-state index contributed by atoms with van der Waals surface area (Å²) in [5.41, 5.74) is 5.35. The SMILES string of the molecule is COC(=O)CC1SC(Nc2ccc(C)cc2)=Nc2ccc(C)cc21. The van der Waals surface area contributed by atoms with Gasteiger partial charge in [-0.15, -0.1) is 0 Å². The first-order valence-electron chi connectivity index (χ1n) is 7.81. The van der Waals surface area contributed by atoms with Crippen molar-refractivity contribution >= 4 is 34.3 Å². The molecule has 1 unspecified atom stereocenters. The van der Waals surface area contributed by atoms with E-state index in [9.17, 15) is 4.79 Å². The van der Waals surface area contributed by atoms with Gasteiger partial charge in [-0.1, -0.05) is 47.2 Å². The highest BCUT2D eigenvalue weighted by atomic mass is 32.2. The van der Waals surface area contributed by atoms with Crippen LogP contribution < -0.4 is 5.32 Å². The van der Waals surface area contributed by atoms with Gasteiger partial charge >= 0.3 is 5.97 Å². The molecule has 0 aliphatic carbocycles. The molecule has 1 aliphatic heterocycles. The molecule has 1 heterocycles. The van der Waals surface area contributed by atoms with E-state index >= 15 is 0 Å². The summed E-state index contributed by atoms with van der Waals surface area (Å²) < 4.78 is 4.85. The predicted molar refractivity (Wildman–Crippen MR) is 100 cm³/mol. The number of anilines is 1. The lowest BCUT2D eigenvalue weighted by Gasteiger charge is -2.24. The molecule has 0 spiro atoms. The number of hydrogen-bond donors (Lipinski definition) is 1. The second-order valence-corrected chi connectivity index (χ2v) is 7.05. The van der Waals surface area contributed by atoms with Crippen LogP contribution in [0.3, 0.4) is 0 Å². The summed E-state index contributed by atoms with van der Waals surface area (Å²) >= 11 is 1.56. The van der Waals surface area contributed by atoms with E-state index in [1.54, 1.807) is 11.8 Å². The van der Waals surface area contributed by atoms with Gasteiger partial charge in [0.2, 0.25) is 0 Å². The van der Waals surface area contributed by atoms with E-state index in [0.29, 0.717) is 6.42 Å². The molecule has 0 saturated heterocycles. The van der Waals surface area contributed by atoms with Crippen molar-refractivity contribution in [2.75, 3.05) is 12.4 Å². The summed E-state index contributed by atoms with van der Waals surface area (Å²) in [6, 6.07) is 14.3. The maximum absolute atomic E-state index is 11.8. The summed E-state index contributed by atoms with van der Waals surface area (Å²) in [5, 5.41) is 4.14. The van der Waals surface area contributed by atoms with E-state index in [-0.39, 0.29) is 11.2 Å². The Kier molecular flexibility index (Phi) is 4.90. The average molecular weight is 340 g/mol. The summed E-state index contributed by atoms with van der Waals surface area (Å²) in [6.07, 6.45) is 0.326. The number of esters is 1. The third-order valence-electron chi connectivity index (χ3n) is 3.89. The van der Waals surface area contributed by atoms with E-state index in [1.807, 2.05) is 31.2 Å². The molecule has 3 rings (SSSR count). The average Bonchev–Trinajstić information content (AvgIpc) is 2.57. The molecule has 0 aromatic heterocycles. The van der Waals surface area contributed by atoms with Crippen molar-refractivity contribution in [3.63, 3.8) is 0 Å².